The number of nitrogens with one attached hydrogen (secondary N) is 1. The van der Waals surface area contributed by atoms with E-state index in [-0.39, 0.29) is 11.8 Å². The quantitative estimate of drug-likeness (QED) is 0.776. The zero-order chi connectivity index (χ0) is 16.9. The van der Waals surface area contributed by atoms with Crippen molar-refractivity contribution < 1.29 is 18.7 Å². The smallest absolute Gasteiger partial charge is 0.313 e. The van der Waals surface area contributed by atoms with Gasteiger partial charge in [0.05, 0.1) is 19.8 Å². The molecule has 1 N–H and O–H groups in total. The predicted molar refractivity (Wildman–Crippen MR) is 87.2 cm³/mol. The van der Waals surface area contributed by atoms with Crippen molar-refractivity contribution in [1.82, 2.24) is 10.2 Å². The van der Waals surface area contributed by atoms with E-state index >= 15 is 0 Å². The van der Waals surface area contributed by atoms with E-state index in [4.69, 9.17) is 13.9 Å². The number of aromatic nitrogens is 2. The third-order valence-corrected chi connectivity index (χ3v) is 3.30. The number of hydrogen-bond donors (Lipinski definition) is 1. The van der Waals surface area contributed by atoms with E-state index in [0.29, 0.717) is 22.7 Å². The van der Waals surface area contributed by atoms with Gasteiger partial charge >= 0.3 is 11.8 Å². The van der Waals surface area contributed by atoms with E-state index in [1.54, 1.807) is 50.6 Å². The number of methoxy groups -OCH3 is 2. The van der Waals surface area contributed by atoms with Gasteiger partial charge in [-0.3, -0.25) is 4.79 Å². The van der Waals surface area contributed by atoms with Crippen LogP contribution in [0.4, 0.5) is 5.69 Å². The van der Waals surface area contributed by atoms with Gasteiger partial charge in [0.2, 0.25) is 0 Å². The van der Waals surface area contributed by atoms with Gasteiger partial charge in [0.15, 0.2) is 0 Å². The van der Waals surface area contributed by atoms with Crippen LogP contribution in [0.1, 0.15) is 10.7 Å². The molecule has 24 heavy (non-hydrogen) atoms. The number of carbonyl (C=O) groups is 1. The van der Waals surface area contributed by atoms with Crippen LogP contribution in [0.5, 0.6) is 11.5 Å². The summed E-state index contributed by atoms with van der Waals surface area (Å²) in [5.41, 5.74) is 1.22. The van der Waals surface area contributed by atoms with Crippen molar-refractivity contribution in [3.8, 4) is 23.0 Å². The minimum absolute atomic E-state index is 0.133. The first-order valence-electron chi connectivity index (χ1n) is 7.13. The van der Waals surface area contributed by atoms with Crippen LogP contribution >= 0.6 is 0 Å². The molecule has 1 heterocycles. The molecular formula is C17H15N3O4. The molecule has 0 aliphatic rings. The molecule has 3 rings (SSSR count). The zero-order valence-electron chi connectivity index (χ0n) is 13.1. The SMILES string of the molecule is COc1ccc(NC(=O)c2nnc(-c3ccccc3OC)o2)cc1. The van der Waals surface area contributed by atoms with Gasteiger partial charge in [0, 0.05) is 5.69 Å². The van der Waals surface area contributed by atoms with E-state index in [9.17, 15) is 4.79 Å². The summed E-state index contributed by atoms with van der Waals surface area (Å²) >= 11 is 0. The molecule has 3 aromatic rings. The van der Waals surface area contributed by atoms with Crippen molar-refractivity contribution in [2.45, 2.75) is 0 Å². The van der Waals surface area contributed by atoms with Crippen molar-refractivity contribution in [1.29, 1.82) is 0 Å². The Morgan fingerprint density at radius 2 is 1.75 bits per heavy atom. The number of ether oxygens (including phenoxy) is 2. The standard InChI is InChI=1S/C17H15N3O4/c1-22-12-9-7-11(8-10-12)18-15(21)17-20-19-16(24-17)13-5-3-4-6-14(13)23-2/h3-10H,1-2H3,(H,18,21). The van der Waals surface area contributed by atoms with Crippen LogP contribution in [-0.4, -0.2) is 30.3 Å². The van der Waals surface area contributed by atoms with Crippen LogP contribution in [0, 0.1) is 0 Å². The van der Waals surface area contributed by atoms with Crippen LogP contribution < -0.4 is 14.8 Å². The lowest BCUT2D eigenvalue weighted by Gasteiger charge is -2.04. The molecule has 0 saturated carbocycles. The van der Waals surface area contributed by atoms with Crippen molar-refractivity contribution in [3.63, 3.8) is 0 Å². The van der Waals surface area contributed by atoms with Gasteiger partial charge in [-0.25, -0.2) is 0 Å². The molecule has 0 unspecified atom stereocenters. The number of amides is 1. The van der Waals surface area contributed by atoms with E-state index < -0.39 is 5.91 Å². The predicted octanol–water partition coefficient (Wildman–Crippen LogP) is 3.01. The zero-order valence-corrected chi connectivity index (χ0v) is 13.1. The lowest BCUT2D eigenvalue weighted by atomic mass is 10.2. The number of para-hydroxylation sites is 1. The monoisotopic (exact) mass is 325 g/mol. The van der Waals surface area contributed by atoms with Gasteiger partial charge in [0.25, 0.3) is 5.89 Å². The van der Waals surface area contributed by atoms with E-state index in [0.717, 1.165) is 0 Å². The maximum absolute atomic E-state index is 12.2. The second kappa shape index (κ2) is 6.82. The average molecular weight is 325 g/mol. The first-order valence-corrected chi connectivity index (χ1v) is 7.13. The van der Waals surface area contributed by atoms with Gasteiger partial charge in [0.1, 0.15) is 11.5 Å². The summed E-state index contributed by atoms with van der Waals surface area (Å²) in [4.78, 5) is 12.2. The number of anilines is 1. The van der Waals surface area contributed by atoms with Crippen molar-refractivity contribution >= 4 is 11.6 Å². The third kappa shape index (κ3) is 3.19. The molecule has 0 spiro atoms. The average Bonchev–Trinajstić information content (AvgIpc) is 3.12. The van der Waals surface area contributed by atoms with Crippen LogP contribution in [0.3, 0.4) is 0 Å². The van der Waals surface area contributed by atoms with Crippen molar-refractivity contribution in [2.75, 3.05) is 19.5 Å². The number of nitrogens with zero attached hydrogens (tertiary/aromatic N) is 2. The number of rotatable bonds is 5. The molecule has 0 bridgehead atoms. The Kier molecular flexibility index (Phi) is 4.42. The fourth-order valence-corrected chi connectivity index (χ4v) is 2.10. The lowest BCUT2D eigenvalue weighted by Crippen LogP contribution is -2.12. The molecule has 0 atom stereocenters. The molecule has 7 heteroatoms. The first-order chi connectivity index (χ1) is 11.7. The molecule has 0 saturated heterocycles. The molecule has 0 aliphatic heterocycles. The number of carbonyl (C=O) groups excluding carboxylic acids is 1. The van der Waals surface area contributed by atoms with E-state index in [2.05, 4.69) is 15.5 Å². The molecule has 1 amide bonds. The Morgan fingerprint density at radius 1 is 1.00 bits per heavy atom. The van der Waals surface area contributed by atoms with Gasteiger partial charge < -0.3 is 19.2 Å². The summed E-state index contributed by atoms with van der Waals surface area (Å²) < 4.78 is 15.8. The molecule has 2 aromatic carbocycles. The summed E-state index contributed by atoms with van der Waals surface area (Å²) in [6, 6.07) is 14.1. The third-order valence-electron chi connectivity index (χ3n) is 3.30. The normalized spacial score (nSPS) is 10.2. The second-order valence-corrected chi connectivity index (χ2v) is 4.80. The molecule has 1 aromatic heterocycles. The largest absolute Gasteiger partial charge is 0.497 e. The summed E-state index contributed by atoms with van der Waals surface area (Å²) in [6.07, 6.45) is 0. The summed E-state index contributed by atoms with van der Waals surface area (Å²) in [5, 5.41) is 10.4. The Hall–Kier alpha value is -3.35. The van der Waals surface area contributed by atoms with Crippen LogP contribution in [0.25, 0.3) is 11.5 Å². The summed E-state index contributed by atoms with van der Waals surface area (Å²) in [5.74, 6) is 0.875. The number of hydrogen-bond acceptors (Lipinski definition) is 6. The highest BCUT2D eigenvalue weighted by atomic mass is 16.5. The minimum atomic E-state index is -0.492. The van der Waals surface area contributed by atoms with Gasteiger partial charge in [-0.2, -0.15) is 0 Å². The molecule has 0 radical (unpaired) electrons. The fraction of sp³-hybridized carbons (Fsp3) is 0.118. The fourth-order valence-electron chi connectivity index (χ4n) is 2.10. The molecule has 0 aliphatic carbocycles. The Morgan fingerprint density at radius 3 is 2.46 bits per heavy atom. The number of benzene rings is 2. The van der Waals surface area contributed by atoms with Gasteiger partial charge in [-0.1, -0.05) is 12.1 Å². The summed E-state index contributed by atoms with van der Waals surface area (Å²) in [6.45, 7) is 0. The second-order valence-electron chi connectivity index (χ2n) is 4.80. The van der Waals surface area contributed by atoms with Crippen LogP contribution in [0.2, 0.25) is 0 Å². The lowest BCUT2D eigenvalue weighted by molar-refractivity contribution is 0.0991. The Labute approximate surface area is 138 Å². The van der Waals surface area contributed by atoms with Crippen molar-refractivity contribution in [3.05, 3.63) is 54.4 Å². The molecule has 7 nitrogen and oxygen atoms in total. The highest BCUT2D eigenvalue weighted by Gasteiger charge is 2.18. The van der Waals surface area contributed by atoms with Gasteiger partial charge in [-0.15, -0.1) is 10.2 Å². The maximum Gasteiger partial charge on any atom is 0.313 e. The highest BCUT2D eigenvalue weighted by molar-refractivity contribution is 6.01. The highest BCUT2D eigenvalue weighted by Crippen LogP contribution is 2.28. The molecule has 0 fully saturated rings. The van der Waals surface area contributed by atoms with Crippen LogP contribution in [-0.2, 0) is 0 Å². The van der Waals surface area contributed by atoms with Crippen molar-refractivity contribution in [2.24, 2.45) is 0 Å². The minimum Gasteiger partial charge on any atom is -0.497 e. The van der Waals surface area contributed by atoms with Crippen LogP contribution in [0.15, 0.2) is 52.9 Å². The Bertz CT molecular complexity index is 843. The summed E-state index contributed by atoms with van der Waals surface area (Å²) in [7, 11) is 3.12. The van der Waals surface area contributed by atoms with E-state index in [1.165, 1.54) is 0 Å². The first kappa shape index (κ1) is 15.5. The molecule has 122 valence electrons. The topological polar surface area (TPSA) is 86.5 Å². The maximum atomic E-state index is 12.2. The Balaban J connectivity index is 1.78. The molecular weight excluding hydrogens is 310 g/mol. The van der Waals surface area contributed by atoms with Gasteiger partial charge in [-0.05, 0) is 36.4 Å². The van der Waals surface area contributed by atoms with E-state index in [1.807, 2.05) is 12.1 Å².